The average Bonchev–Trinajstić information content (AvgIpc) is 1.62. The SMILES string of the molecule is C.CNC(=O)c1c(-c2ccc(F)cc2)nc2ccc(-c3ccc(-c4cccnc4)c(C(=O)NCC(C)C)c3)cn12.CNC(=O)c1c(-c2ccc(F)cc2)nc2ccc(-c3ccc(Cl)c(C(=O)NCC(C)C)c3)cn12.CNC(=O)c1c(-c2ccc(F)cc2)nc2ccc(-c3ccc(Cl)c(C(=O)O)c3)cn12.CNC(=O)c1c(-c2ccc(F)cc2)nc2ccc(Br)cn12.O=C(O)c1cc(B(O)O)ccc1Cl.OB(O)c1cccnc1. The zero-order valence-electron chi connectivity index (χ0n) is 78.9. The summed E-state index contributed by atoms with van der Waals surface area (Å²) in [4.78, 5) is 125. The van der Waals surface area contributed by atoms with Gasteiger partial charge < -0.3 is 62.2 Å². The topological polar surface area (TPSA) is 425 Å². The number of carboxylic acid groups (broad SMARTS) is 2. The second-order valence-electron chi connectivity index (χ2n) is 33.1. The van der Waals surface area contributed by atoms with E-state index >= 15 is 0 Å². The van der Waals surface area contributed by atoms with Gasteiger partial charge in [0.1, 0.15) is 91.4 Å². The lowest BCUT2D eigenvalue weighted by atomic mass is 9.79. The number of hydrogen-bond donors (Lipinski definition) is 12. The molecule has 0 spiro atoms. The van der Waals surface area contributed by atoms with Crippen molar-refractivity contribution in [1.82, 2.24) is 79.4 Å². The van der Waals surface area contributed by atoms with E-state index in [2.05, 4.69) is 77.7 Å². The number of aromatic nitrogens is 10. The highest BCUT2D eigenvalue weighted by molar-refractivity contribution is 9.10. The third-order valence-electron chi connectivity index (χ3n) is 22.2. The van der Waals surface area contributed by atoms with Gasteiger partial charge in [0, 0.05) is 134 Å². The molecule has 0 unspecified atom stereocenters. The number of carboxylic acids is 2. The molecule has 0 saturated heterocycles. The van der Waals surface area contributed by atoms with Crippen LogP contribution in [0.25, 0.3) is 112 Å². The predicted molar refractivity (Wildman–Crippen MR) is 563 cm³/mol. The van der Waals surface area contributed by atoms with Crippen molar-refractivity contribution >= 4 is 146 Å². The van der Waals surface area contributed by atoms with Gasteiger partial charge in [0.05, 0.1) is 31.8 Å². The first-order valence-electron chi connectivity index (χ1n) is 44.7. The number of imidazole rings is 4. The molecule has 147 heavy (non-hydrogen) atoms. The molecule has 0 aliphatic rings. The zero-order valence-corrected chi connectivity index (χ0v) is 82.7. The maximum Gasteiger partial charge on any atom is 0.490 e. The number of halogens is 8. The minimum atomic E-state index is -1.68. The van der Waals surface area contributed by atoms with Gasteiger partial charge in [-0.05, 0) is 272 Å². The fraction of sp³-hybridized carbons (Fsp3) is 0.121. The molecule has 748 valence electrons. The van der Waals surface area contributed by atoms with E-state index in [1.54, 1.807) is 173 Å². The average molecular weight is 2110 g/mol. The van der Waals surface area contributed by atoms with Gasteiger partial charge in [0.25, 0.3) is 35.4 Å². The summed E-state index contributed by atoms with van der Waals surface area (Å²) in [5.41, 5.74) is 15.4. The van der Waals surface area contributed by atoms with Crippen LogP contribution in [-0.4, -0.2) is 181 Å². The van der Waals surface area contributed by atoms with E-state index in [9.17, 15) is 61.0 Å². The van der Waals surface area contributed by atoms with Crippen molar-refractivity contribution in [1.29, 1.82) is 0 Å². The summed E-state index contributed by atoms with van der Waals surface area (Å²) in [6.07, 6.45) is 13.5. The van der Waals surface area contributed by atoms with Crippen molar-refractivity contribution in [2.75, 3.05) is 41.3 Å². The van der Waals surface area contributed by atoms with Gasteiger partial charge in [-0.2, -0.15) is 0 Å². The molecule has 0 radical (unpaired) electrons. The summed E-state index contributed by atoms with van der Waals surface area (Å²) in [6.45, 7) is 9.22. The standard InChI is InChI=1S/C31H28FN5O2.C26H24ClFN4O2.C22H15ClFN3O3.C15H11BrFN3O.C7H6BClO4.C5H6BNO2.CH4/c1-19(2)16-35-30(38)26-15-21(8-12-25(26)22-5-4-14-34-17-22)23-9-13-27-36-28(20-6-10-24(32)11-7-20)29(31(39)33-3)37(27)18-23;1-15(2)13-30-25(33)20-12-17(6-10-21(20)27)18-7-11-22-31-23(16-4-8-19(28)9-5-16)24(26(34)29-3)32(22)14-18;1-25-21(28)20-19(12-2-6-15(24)7-3-12)26-18-9-5-14(11-27(18)20)13-4-8-17(23)16(10-13)22(29)30;1-18-15(21)14-13(9-2-5-11(17)6-3-9)19-12-7-4-10(16)8-20(12)14;9-6-2-1-4(8(12)13)3-5(6)7(10)11;8-6(9)5-2-1-3-7-4-5;/h4-15,17-19H,16H2,1-3H3,(H,33,39)(H,35,38);4-12,14-15H,13H2,1-3H3,(H,29,34)(H,30,33);2-11H,1H3,(H,25,28)(H,29,30);2-8H,1H3,(H,18,21);1-3,12-13H,(H,10,11);1-4,8-9H;1H4. The number of hydrogen-bond acceptors (Lipinski definition) is 18. The number of benzene rings is 8. The van der Waals surface area contributed by atoms with Crippen molar-refractivity contribution in [2.45, 2.75) is 35.1 Å². The van der Waals surface area contributed by atoms with Crippen molar-refractivity contribution in [2.24, 2.45) is 11.8 Å². The summed E-state index contributed by atoms with van der Waals surface area (Å²) >= 11 is 21.2. The molecule has 10 heterocycles. The van der Waals surface area contributed by atoms with Crippen molar-refractivity contribution in [3.05, 3.63) is 380 Å². The van der Waals surface area contributed by atoms with Crippen LogP contribution < -0.4 is 42.8 Å². The molecule has 0 fully saturated rings. The van der Waals surface area contributed by atoms with Gasteiger partial charge in [-0.25, -0.2) is 47.1 Å². The van der Waals surface area contributed by atoms with Crippen LogP contribution in [0, 0.1) is 35.1 Å². The van der Waals surface area contributed by atoms with E-state index in [-0.39, 0.29) is 98.5 Å². The third kappa shape index (κ3) is 26.6. The smallest absolute Gasteiger partial charge is 0.478 e. The van der Waals surface area contributed by atoms with Crippen molar-refractivity contribution in [3.8, 4) is 89.5 Å². The summed E-state index contributed by atoms with van der Waals surface area (Å²) in [7, 11) is 3.08. The van der Waals surface area contributed by atoms with Crippen molar-refractivity contribution < 1.29 is 86.2 Å². The number of aromatic carboxylic acids is 2. The van der Waals surface area contributed by atoms with Crippen LogP contribution in [0.4, 0.5) is 17.6 Å². The number of nitrogens with zero attached hydrogens (tertiary/aromatic N) is 10. The molecule has 8 aromatic carbocycles. The molecule has 10 aromatic heterocycles. The lowest BCUT2D eigenvalue weighted by Crippen LogP contribution is -2.30. The van der Waals surface area contributed by atoms with Gasteiger partial charge in [0.15, 0.2) is 0 Å². The van der Waals surface area contributed by atoms with Gasteiger partial charge in [-0.3, -0.25) is 56.3 Å². The zero-order chi connectivity index (χ0) is 105. The summed E-state index contributed by atoms with van der Waals surface area (Å²) in [5, 5.41) is 69.5. The minimum Gasteiger partial charge on any atom is -0.478 e. The molecule has 30 nitrogen and oxygen atoms in total. The Morgan fingerprint density at radius 2 is 0.639 bits per heavy atom. The molecular formula is C107H94B2BrCl3F4N16O14. The Balaban J connectivity index is 0.000000164. The Kier molecular flexibility index (Phi) is 37.0. The second-order valence-corrected chi connectivity index (χ2v) is 35.2. The number of fused-ring (bicyclic) bond motifs is 4. The molecule has 0 aliphatic carbocycles. The molecule has 0 bridgehead atoms. The third-order valence-corrected chi connectivity index (χ3v) is 23.6. The molecular weight excluding hydrogens is 2020 g/mol. The Labute approximate surface area is 863 Å². The van der Waals surface area contributed by atoms with Crippen LogP contribution in [0.5, 0.6) is 0 Å². The number of amides is 6. The number of carbonyl (C=O) groups is 8. The fourth-order valence-corrected chi connectivity index (χ4v) is 15.8. The van der Waals surface area contributed by atoms with E-state index in [1.165, 1.54) is 86.0 Å². The highest BCUT2D eigenvalue weighted by Gasteiger charge is 2.28. The molecule has 18 rings (SSSR count). The maximum absolute atomic E-state index is 13.5. The molecule has 40 heteroatoms. The fourth-order valence-electron chi connectivity index (χ4n) is 14.9. The van der Waals surface area contributed by atoms with Crippen LogP contribution in [0.3, 0.4) is 0 Å². The quantitative estimate of drug-likeness (QED) is 0.0221. The van der Waals surface area contributed by atoms with E-state index in [0.29, 0.717) is 142 Å². The monoisotopic (exact) mass is 2110 g/mol. The Bertz CT molecular complexity index is 7890. The normalized spacial score (nSPS) is 10.7. The first-order chi connectivity index (χ1) is 69.9. The number of carbonyl (C=O) groups excluding carboxylic acids is 6. The maximum atomic E-state index is 13.5. The molecule has 0 aliphatic heterocycles. The van der Waals surface area contributed by atoms with Crippen molar-refractivity contribution in [3.63, 3.8) is 0 Å². The Morgan fingerprint density at radius 3 is 0.966 bits per heavy atom. The van der Waals surface area contributed by atoms with Crippen LogP contribution >= 0.6 is 50.7 Å². The minimum absolute atomic E-state index is 0. The second kappa shape index (κ2) is 49.7. The van der Waals surface area contributed by atoms with E-state index in [0.717, 1.165) is 43.9 Å². The molecule has 6 amide bonds. The van der Waals surface area contributed by atoms with Gasteiger partial charge >= 0.3 is 26.2 Å². The van der Waals surface area contributed by atoms with Crippen LogP contribution in [0.2, 0.25) is 15.1 Å². The highest BCUT2D eigenvalue weighted by atomic mass is 79.9. The lowest BCUT2D eigenvalue weighted by Gasteiger charge is -2.14. The Hall–Kier alpha value is -16.4. The summed E-state index contributed by atoms with van der Waals surface area (Å²) in [6, 6.07) is 64.3. The highest BCUT2D eigenvalue weighted by Crippen LogP contribution is 2.37. The molecule has 12 N–H and O–H groups in total. The summed E-state index contributed by atoms with van der Waals surface area (Å²) in [5.74, 6) is -4.82. The molecule has 18 aromatic rings. The number of rotatable bonds is 22. The lowest BCUT2D eigenvalue weighted by molar-refractivity contribution is 0.0686. The molecule has 0 saturated carbocycles. The van der Waals surface area contributed by atoms with Crippen LogP contribution in [0.1, 0.15) is 119 Å². The van der Waals surface area contributed by atoms with Crippen LogP contribution in [-0.2, 0) is 0 Å². The predicted octanol–water partition coefficient (Wildman–Crippen LogP) is 17.7. The van der Waals surface area contributed by atoms with Gasteiger partial charge in [0.2, 0.25) is 0 Å². The van der Waals surface area contributed by atoms with E-state index in [4.69, 9.17) is 60.0 Å². The molecule has 0 atom stereocenters. The summed E-state index contributed by atoms with van der Waals surface area (Å²) < 4.78 is 61.0. The first-order valence-corrected chi connectivity index (χ1v) is 46.6. The van der Waals surface area contributed by atoms with E-state index < -0.39 is 26.2 Å². The van der Waals surface area contributed by atoms with Gasteiger partial charge in [-0.1, -0.05) is 112 Å². The van der Waals surface area contributed by atoms with E-state index in [1.807, 2.05) is 101 Å². The van der Waals surface area contributed by atoms with Crippen LogP contribution in [0.15, 0.2) is 297 Å². The first kappa shape index (κ1) is 109. The van der Waals surface area contributed by atoms with Gasteiger partial charge in [-0.15, -0.1) is 0 Å². The largest absolute Gasteiger partial charge is 0.490 e. The number of nitrogens with one attached hydrogen (secondary N) is 6. The number of pyridine rings is 6. The Morgan fingerprint density at radius 1 is 0.340 bits per heavy atom.